The average molecular weight is 401 g/mol. The molecule has 2 heterocycles. The Labute approximate surface area is 175 Å². The first kappa shape index (κ1) is 19.6. The van der Waals surface area contributed by atoms with Gasteiger partial charge in [-0.2, -0.15) is 0 Å². The Hall–Kier alpha value is -3.67. The van der Waals surface area contributed by atoms with E-state index in [0.717, 1.165) is 16.7 Å². The van der Waals surface area contributed by atoms with Crippen LogP contribution < -0.4 is 15.4 Å². The number of hydrogen-bond donors (Lipinski definition) is 2. The molecule has 152 valence electrons. The highest BCUT2D eigenvalue weighted by Crippen LogP contribution is 2.41. The van der Waals surface area contributed by atoms with Gasteiger partial charge in [-0.05, 0) is 35.7 Å². The maximum absolute atomic E-state index is 12.8. The molecule has 0 aliphatic carbocycles. The fourth-order valence-corrected chi connectivity index (χ4v) is 3.69. The molecule has 0 fully saturated rings. The van der Waals surface area contributed by atoms with E-state index in [9.17, 15) is 9.59 Å². The molecule has 0 saturated carbocycles. The minimum Gasteiger partial charge on any atom is -0.491 e. The van der Waals surface area contributed by atoms with Crippen LogP contribution in [0.1, 0.15) is 43.3 Å². The van der Waals surface area contributed by atoms with Gasteiger partial charge in [0.05, 0.1) is 12.2 Å². The average Bonchev–Trinajstić information content (AvgIpc) is 3.23. The molecule has 2 amide bonds. The second-order valence-electron chi connectivity index (χ2n) is 7.16. The topological polar surface area (TPSA) is 80.3 Å². The van der Waals surface area contributed by atoms with Crippen LogP contribution in [0.3, 0.4) is 0 Å². The third kappa shape index (κ3) is 4.03. The van der Waals surface area contributed by atoms with Gasteiger partial charge in [-0.3, -0.25) is 14.6 Å². The van der Waals surface area contributed by atoms with E-state index in [1.807, 2.05) is 48.5 Å². The molecule has 6 heteroatoms. The van der Waals surface area contributed by atoms with Crippen molar-refractivity contribution in [3.05, 3.63) is 94.8 Å². The molecule has 2 aromatic carbocycles. The highest BCUT2D eigenvalue weighted by Gasteiger charge is 2.31. The van der Waals surface area contributed by atoms with Crippen molar-refractivity contribution in [3.8, 4) is 5.75 Å². The summed E-state index contributed by atoms with van der Waals surface area (Å²) in [5.74, 6) is 0.0402. The maximum Gasteiger partial charge on any atom is 0.254 e. The lowest BCUT2D eigenvalue weighted by Gasteiger charge is -2.13. The largest absolute Gasteiger partial charge is 0.491 e. The molecule has 4 rings (SSSR count). The molecular weight excluding hydrogens is 378 g/mol. The van der Waals surface area contributed by atoms with Crippen molar-refractivity contribution in [1.29, 1.82) is 0 Å². The highest BCUT2D eigenvalue weighted by atomic mass is 16.5. The van der Waals surface area contributed by atoms with E-state index >= 15 is 0 Å². The number of pyridine rings is 1. The standard InChI is InChI=1S/C24H23N3O3/c1-25-24(29)20-13-18(23(28)27-11-9-16-6-5-10-26-14-16)12-19-21(15-30-22(19)20)17-7-3-2-4-8-17/h2-8,10,12-14,21H,9,11,15H2,1H3,(H,25,29)(H,27,28). The lowest BCUT2D eigenvalue weighted by Crippen LogP contribution is -2.27. The molecule has 3 aromatic rings. The molecule has 0 saturated heterocycles. The van der Waals surface area contributed by atoms with Gasteiger partial charge in [-0.15, -0.1) is 0 Å². The molecule has 1 unspecified atom stereocenters. The van der Waals surface area contributed by atoms with E-state index in [1.165, 1.54) is 0 Å². The summed E-state index contributed by atoms with van der Waals surface area (Å²) in [5.41, 5.74) is 3.83. The zero-order valence-electron chi connectivity index (χ0n) is 16.7. The van der Waals surface area contributed by atoms with Crippen LogP contribution in [-0.4, -0.2) is 37.0 Å². The number of rotatable bonds is 6. The Morgan fingerprint density at radius 1 is 1.10 bits per heavy atom. The second kappa shape index (κ2) is 8.78. The first-order chi connectivity index (χ1) is 14.7. The van der Waals surface area contributed by atoms with Crippen LogP contribution in [0, 0.1) is 0 Å². The van der Waals surface area contributed by atoms with Gasteiger partial charge >= 0.3 is 0 Å². The number of ether oxygens (including phenoxy) is 1. The third-order valence-corrected chi connectivity index (χ3v) is 5.25. The van der Waals surface area contributed by atoms with Crippen molar-refractivity contribution in [2.24, 2.45) is 0 Å². The minimum atomic E-state index is -0.273. The van der Waals surface area contributed by atoms with Crippen molar-refractivity contribution in [2.45, 2.75) is 12.3 Å². The van der Waals surface area contributed by atoms with Gasteiger partial charge in [-0.25, -0.2) is 0 Å². The monoisotopic (exact) mass is 401 g/mol. The van der Waals surface area contributed by atoms with Crippen molar-refractivity contribution < 1.29 is 14.3 Å². The Kier molecular flexibility index (Phi) is 5.75. The third-order valence-electron chi connectivity index (χ3n) is 5.25. The molecular formula is C24H23N3O3. The molecule has 0 spiro atoms. The van der Waals surface area contributed by atoms with Gasteiger partial charge in [0, 0.05) is 43.0 Å². The van der Waals surface area contributed by atoms with Crippen molar-refractivity contribution in [1.82, 2.24) is 15.6 Å². The van der Waals surface area contributed by atoms with Gasteiger partial charge in [0.25, 0.3) is 11.8 Å². The summed E-state index contributed by atoms with van der Waals surface area (Å²) in [6.45, 7) is 0.922. The van der Waals surface area contributed by atoms with Gasteiger partial charge in [0.2, 0.25) is 0 Å². The van der Waals surface area contributed by atoms with Crippen LogP contribution in [-0.2, 0) is 6.42 Å². The van der Waals surface area contributed by atoms with Crippen LogP contribution in [0.5, 0.6) is 5.75 Å². The summed E-state index contributed by atoms with van der Waals surface area (Å²) in [6.07, 6.45) is 4.19. The number of hydrogen-bond acceptors (Lipinski definition) is 4. The Bertz CT molecular complexity index is 1050. The van der Waals surface area contributed by atoms with Crippen molar-refractivity contribution >= 4 is 11.8 Å². The number of carbonyl (C=O) groups excluding carboxylic acids is 2. The zero-order chi connectivity index (χ0) is 20.9. The molecule has 0 bridgehead atoms. The minimum absolute atomic E-state index is 0.0206. The van der Waals surface area contributed by atoms with Gasteiger partial charge < -0.3 is 15.4 Å². The smallest absolute Gasteiger partial charge is 0.254 e. The molecule has 0 radical (unpaired) electrons. The van der Waals surface area contributed by atoms with E-state index in [1.54, 1.807) is 25.5 Å². The van der Waals surface area contributed by atoms with Gasteiger partial charge in [0.15, 0.2) is 0 Å². The Balaban J connectivity index is 1.60. The first-order valence-corrected chi connectivity index (χ1v) is 9.92. The first-order valence-electron chi connectivity index (χ1n) is 9.92. The maximum atomic E-state index is 12.8. The van der Waals surface area contributed by atoms with Crippen molar-refractivity contribution in [3.63, 3.8) is 0 Å². The predicted octanol–water partition coefficient (Wildman–Crippen LogP) is 2.94. The summed E-state index contributed by atoms with van der Waals surface area (Å²) in [6, 6.07) is 17.3. The Morgan fingerprint density at radius 3 is 2.67 bits per heavy atom. The summed E-state index contributed by atoms with van der Waals surface area (Å²) >= 11 is 0. The SMILES string of the molecule is CNC(=O)c1cc(C(=O)NCCc2cccnc2)cc2c1OCC2c1ccccc1. The molecule has 1 aliphatic rings. The number of nitrogens with one attached hydrogen (secondary N) is 2. The van der Waals surface area contributed by atoms with Crippen LogP contribution >= 0.6 is 0 Å². The van der Waals surface area contributed by atoms with Gasteiger partial charge in [0.1, 0.15) is 5.75 Å². The number of amides is 2. The van der Waals surface area contributed by atoms with Crippen molar-refractivity contribution in [2.75, 3.05) is 20.2 Å². The van der Waals surface area contributed by atoms with Crippen LogP contribution in [0.4, 0.5) is 0 Å². The lowest BCUT2D eigenvalue weighted by molar-refractivity contribution is 0.0954. The molecule has 30 heavy (non-hydrogen) atoms. The summed E-state index contributed by atoms with van der Waals surface area (Å²) in [5, 5.41) is 5.58. The van der Waals surface area contributed by atoms with E-state index in [-0.39, 0.29) is 17.7 Å². The fourth-order valence-electron chi connectivity index (χ4n) is 3.69. The number of carbonyl (C=O) groups is 2. The normalized spacial score (nSPS) is 14.5. The second-order valence-corrected chi connectivity index (χ2v) is 7.16. The van der Waals surface area contributed by atoms with E-state index in [0.29, 0.717) is 36.4 Å². The number of nitrogens with zero attached hydrogens (tertiary/aromatic N) is 1. The molecule has 1 atom stereocenters. The summed E-state index contributed by atoms with van der Waals surface area (Å²) < 4.78 is 5.89. The van der Waals surface area contributed by atoms with E-state index in [2.05, 4.69) is 15.6 Å². The number of benzene rings is 2. The zero-order valence-corrected chi connectivity index (χ0v) is 16.7. The molecule has 6 nitrogen and oxygen atoms in total. The van der Waals surface area contributed by atoms with E-state index in [4.69, 9.17) is 4.74 Å². The molecule has 2 N–H and O–H groups in total. The number of aromatic nitrogens is 1. The number of fused-ring (bicyclic) bond motifs is 1. The quantitative estimate of drug-likeness (QED) is 0.666. The predicted molar refractivity (Wildman–Crippen MR) is 114 cm³/mol. The van der Waals surface area contributed by atoms with Crippen LogP contribution in [0.25, 0.3) is 0 Å². The summed E-state index contributed by atoms with van der Waals surface area (Å²) in [7, 11) is 1.57. The fraction of sp³-hybridized carbons (Fsp3) is 0.208. The van der Waals surface area contributed by atoms with E-state index < -0.39 is 0 Å². The highest BCUT2D eigenvalue weighted by molar-refractivity contribution is 6.02. The van der Waals surface area contributed by atoms with Crippen LogP contribution in [0.15, 0.2) is 67.0 Å². The Morgan fingerprint density at radius 2 is 1.93 bits per heavy atom. The molecule has 1 aliphatic heterocycles. The van der Waals surface area contributed by atoms with Gasteiger partial charge in [-0.1, -0.05) is 36.4 Å². The van der Waals surface area contributed by atoms with Crippen LogP contribution in [0.2, 0.25) is 0 Å². The molecule has 1 aromatic heterocycles. The lowest BCUT2D eigenvalue weighted by atomic mass is 9.90. The summed E-state index contributed by atoms with van der Waals surface area (Å²) in [4.78, 5) is 29.4.